The Bertz CT molecular complexity index is 1200. The minimum atomic E-state index is -3.22. The lowest BCUT2D eigenvalue weighted by Crippen LogP contribution is -2.34. The van der Waals surface area contributed by atoms with E-state index >= 15 is 0 Å². The Morgan fingerprint density at radius 1 is 1.13 bits per heavy atom. The molecule has 0 bridgehead atoms. The van der Waals surface area contributed by atoms with Crippen LogP contribution in [0.25, 0.3) is 11.1 Å². The Morgan fingerprint density at radius 2 is 1.87 bits per heavy atom. The van der Waals surface area contributed by atoms with Crippen molar-refractivity contribution in [2.45, 2.75) is 37.2 Å². The summed E-state index contributed by atoms with van der Waals surface area (Å²) in [4.78, 5) is 12.6. The van der Waals surface area contributed by atoms with E-state index < -0.39 is 9.84 Å². The largest absolute Gasteiger partial charge is 0.488 e. The van der Waals surface area contributed by atoms with Gasteiger partial charge in [-0.15, -0.1) is 0 Å². The van der Waals surface area contributed by atoms with Gasteiger partial charge in [0.05, 0.1) is 11.4 Å². The molecule has 1 aromatic heterocycles. The molecule has 1 atom stereocenters. The molecule has 4 rings (SSSR count). The number of aryl methyl sites for hydroxylation is 1. The van der Waals surface area contributed by atoms with Crippen LogP contribution < -0.4 is 10.1 Å². The van der Waals surface area contributed by atoms with Crippen molar-refractivity contribution in [3.63, 3.8) is 0 Å². The van der Waals surface area contributed by atoms with Crippen LogP contribution in [0, 0.1) is 0 Å². The standard InChI is InChI=1S/C23H24N2O5S/c1-3-4-18-13-21(25-30-18)23(26)24-14-19-12-17-11-16(7-10-22(17)29-19)15-5-8-20(9-6-15)31(2,27)28/h5-11,13,19H,3-4,12,14H2,1-2H3,(H,24,26). The van der Waals surface area contributed by atoms with Crippen molar-refractivity contribution in [1.82, 2.24) is 10.5 Å². The van der Waals surface area contributed by atoms with Gasteiger partial charge < -0.3 is 14.6 Å². The summed E-state index contributed by atoms with van der Waals surface area (Å²) in [7, 11) is -3.22. The van der Waals surface area contributed by atoms with Gasteiger partial charge in [-0.05, 0) is 47.4 Å². The Labute approximate surface area is 181 Å². The number of rotatable bonds is 7. The highest BCUT2D eigenvalue weighted by Crippen LogP contribution is 2.33. The molecule has 31 heavy (non-hydrogen) atoms. The average Bonchev–Trinajstić information content (AvgIpc) is 3.38. The van der Waals surface area contributed by atoms with E-state index in [4.69, 9.17) is 9.26 Å². The Morgan fingerprint density at radius 3 is 2.58 bits per heavy atom. The molecule has 0 fully saturated rings. The van der Waals surface area contributed by atoms with E-state index in [0.717, 1.165) is 35.3 Å². The molecule has 0 aliphatic carbocycles. The molecule has 0 radical (unpaired) electrons. The van der Waals surface area contributed by atoms with Crippen molar-refractivity contribution in [2.75, 3.05) is 12.8 Å². The quantitative estimate of drug-likeness (QED) is 0.604. The summed E-state index contributed by atoms with van der Waals surface area (Å²) in [6.45, 7) is 2.40. The summed E-state index contributed by atoms with van der Waals surface area (Å²) in [5.41, 5.74) is 3.24. The highest BCUT2D eigenvalue weighted by molar-refractivity contribution is 7.90. The molecular weight excluding hydrogens is 416 g/mol. The molecule has 2 aromatic carbocycles. The molecule has 0 saturated heterocycles. The summed E-state index contributed by atoms with van der Waals surface area (Å²) in [6, 6.07) is 14.4. The first-order chi connectivity index (χ1) is 14.8. The lowest BCUT2D eigenvalue weighted by atomic mass is 10.0. The van der Waals surface area contributed by atoms with Crippen molar-refractivity contribution in [3.8, 4) is 16.9 Å². The normalized spacial score (nSPS) is 15.4. The number of carbonyl (C=O) groups is 1. The first-order valence-electron chi connectivity index (χ1n) is 10.2. The number of nitrogens with zero attached hydrogens (tertiary/aromatic N) is 1. The minimum Gasteiger partial charge on any atom is -0.488 e. The predicted octanol–water partition coefficient (Wildman–Crippen LogP) is 3.43. The van der Waals surface area contributed by atoms with Gasteiger partial charge in [0.1, 0.15) is 17.6 Å². The number of hydrogen-bond donors (Lipinski definition) is 1. The Hall–Kier alpha value is -3.13. The van der Waals surface area contributed by atoms with Crippen LogP contribution in [0.5, 0.6) is 5.75 Å². The molecule has 0 spiro atoms. The first-order valence-corrected chi connectivity index (χ1v) is 12.1. The lowest BCUT2D eigenvalue weighted by molar-refractivity contribution is 0.0924. The zero-order valence-corrected chi connectivity index (χ0v) is 18.2. The smallest absolute Gasteiger partial charge is 0.273 e. The maximum Gasteiger partial charge on any atom is 0.273 e. The van der Waals surface area contributed by atoms with E-state index in [1.807, 2.05) is 25.1 Å². The zero-order chi connectivity index (χ0) is 22.0. The van der Waals surface area contributed by atoms with Gasteiger partial charge in [0.2, 0.25) is 0 Å². The summed E-state index contributed by atoms with van der Waals surface area (Å²) in [6.07, 6.45) is 3.38. The number of benzene rings is 2. The van der Waals surface area contributed by atoms with E-state index in [1.54, 1.807) is 30.3 Å². The van der Waals surface area contributed by atoms with Crippen LogP contribution in [0.3, 0.4) is 0 Å². The molecule has 1 unspecified atom stereocenters. The van der Waals surface area contributed by atoms with Crippen molar-refractivity contribution in [1.29, 1.82) is 0 Å². The molecule has 162 valence electrons. The second-order valence-electron chi connectivity index (χ2n) is 7.70. The Kier molecular flexibility index (Phi) is 5.82. The average molecular weight is 441 g/mol. The zero-order valence-electron chi connectivity index (χ0n) is 17.4. The molecule has 7 nitrogen and oxygen atoms in total. The van der Waals surface area contributed by atoms with Crippen molar-refractivity contribution < 1.29 is 22.5 Å². The topological polar surface area (TPSA) is 98.5 Å². The van der Waals surface area contributed by atoms with Crippen molar-refractivity contribution >= 4 is 15.7 Å². The van der Waals surface area contributed by atoms with Gasteiger partial charge in [-0.2, -0.15) is 0 Å². The number of hydrogen-bond acceptors (Lipinski definition) is 6. The monoisotopic (exact) mass is 440 g/mol. The van der Waals surface area contributed by atoms with E-state index in [9.17, 15) is 13.2 Å². The van der Waals surface area contributed by atoms with Gasteiger partial charge in [0, 0.05) is 25.2 Å². The molecule has 1 aliphatic heterocycles. The van der Waals surface area contributed by atoms with Crippen LogP contribution in [0.1, 0.15) is 35.2 Å². The third-order valence-electron chi connectivity index (χ3n) is 5.20. The molecule has 8 heteroatoms. The van der Waals surface area contributed by atoms with Crippen molar-refractivity contribution in [3.05, 3.63) is 65.5 Å². The van der Waals surface area contributed by atoms with Gasteiger partial charge in [0.15, 0.2) is 15.5 Å². The number of nitrogens with one attached hydrogen (secondary N) is 1. The summed E-state index contributed by atoms with van der Waals surface area (Å²) < 4.78 is 34.4. The molecule has 1 N–H and O–H groups in total. The first kappa shape index (κ1) is 21.1. The van der Waals surface area contributed by atoms with Crippen LogP contribution in [-0.4, -0.2) is 38.4 Å². The van der Waals surface area contributed by atoms with Crippen LogP contribution in [0.15, 0.2) is 57.9 Å². The second-order valence-corrected chi connectivity index (χ2v) is 9.72. The highest BCUT2D eigenvalue weighted by Gasteiger charge is 2.24. The van der Waals surface area contributed by atoms with Crippen LogP contribution in [0.2, 0.25) is 0 Å². The fourth-order valence-corrected chi connectivity index (χ4v) is 4.22. The number of sulfone groups is 1. The van der Waals surface area contributed by atoms with E-state index in [-0.39, 0.29) is 17.7 Å². The molecule has 1 aliphatic rings. The minimum absolute atomic E-state index is 0.163. The summed E-state index contributed by atoms with van der Waals surface area (Å²) >= 11 is 0. The fourth-order valence-electron chi connectivity index (χ4n) is 3.59. The van der Waals surface area contributed by atoms with Crippen LogP contribution >= 0.6 is 0 Å². The third kappa shape index (κ3) is 4.80. The van der Waals surface area contributed by atoms with Gasteiger partial charge in [-0.1, -0.05) is 30.3 Å². The fraction of sp³-hybridized carbons (Fsp3) is 0.304. The molecule has 3 aromatic rings. The van der Waals surface area contributed by atoms with Gasteiger partial charge in [-0.25, -0.2) is 8.42 Å². The SMILES string of the molecule is CCCc1cc(C(=O)NCC2Cc3cc(-c4ccc(S(C)(=O)=O)cc4)ccc3O2)no1. The number of aromatic nitrogens is 1. The molecular formula is C23H24N2O5S. The van der Waals surface area contributed by atoms with E-state index in [2.05, 4.69) is 10.5 Å². The number of amides is 1. The highest BCUT2D eigenvalue weighted by atomic mass is 32.2. The molecule has 2 heterocycles. The van der Waals surface area contributed by atoms with Gasteiger partial charge in [0.25, 0.3) is 5.91 Å². The summed E-state index contributed by atoms with van der Waals surface area (Å²) in [5, 5.41) is 6.67. The third-order valence-corrected chi connectivity index (χ3v) is 6.32. The maximum absolute atomic E-state index is 12.3. The molecule has 1 amide bonds. The van der Waals surface area contributed by atoms with Crippen LogP contribution in [-0.2, 0) is 22.7 Å². The summed E-state index contributed by atoms with van der Waals surface area (Å²) in [5.74, 6) is 1.22. The van der Waals surface area contributed by atoms with Crippen LogP contribution in [0.4, 0.5) is 0 Å². The second kappa shape index (κ2) is 8.55. The maximum atomic E-state index is 12.3. The lowest BCUT2D eigenvalue weighted by Gasteiger charge is -2.10. The van der Waals surface area contributed by atoms with Crippen molar-refractivity contribution in [2.24, 2.45) is 0 Å². The van der Waals surface area contributed by atoms with Gasteiger partial charge in [-0.3, -0.25) is 4.79 Å². The number of fused-ring (bicyclic) bond motifs is 1. The van der Waals surface area contributed by atoms with E-state index in [0.29, 0.717) is 23.6 Å². The predicted molar refractivity (Wildman–Crippen MR) is 116 cm³/mol. The van der Waals surface area contributed by atoms with E-state index in [1.165, 1.54) is 6.26 Å². The number of carbonyl (C=O) groups excluding carboxylic acids is 1. The molecule has 0 saturated carbocycles. The Balaban J connectivity index is 1.38. The van der Waals surface area contributed by atoms with Gasteiger partial charge >= 0.3 is 0 Å². The number of ether oxygens (including phenoxy) is 1.